The average molecular weight is 553 g/mol. The van der Waals surface area contributed by atoms with Crippen LogP contribution in [0.5, 0.6) is 0 Å². The third-order valence-corrected chi connectivity index (χ3v) is 8.12. The Bertz CT molecular complexity index is 1060. The minimum absolute atomic E-state index is 0.180. The van der Waals surface area contributed by atoms with Crippen molar-refractivity contribution >= 4 is 34.2 Å². The lowest BCUT2D eigenvalue weighted by Crippen LogP contribution is -2.64. The van der Waals surface area contributed by atoms with E-state index < -0.39 is 0 Å². The minimum Gasteiger partial charge on any atom is -0.371 e. The molecular weight excluding hydrogens is 521 g/mol. The standard InChI is InChI=1S/C27H32IN5/c28-22-11-13-23(14-12-22)33-18-6-9-21(19-33)27(29)16-5-4-10-25(27)32-26-30-17-15-24(31-26)20-7-2-1-3-8-20/h1-3,7-8,11-15,17,21,25H,4-6,9-10,16,18-19,29H2,(H,30,31,32)/t21?,25?,27-/m0/s1. The van der Waals surface area contributed by atoms with E-state index in [0.29, 0.717) is 11.9 Å². The highest BCUT2D eigenvalue weighted by Crippen LogP contribution is 2.39. The normalized spacial score (nSPS) is 25.6. The highest BCUT2D eigenvalue weighted by atomic mass is 127. The smallest absolute Gasteiger partial charge is 0.223 e. The Morgan fingerprint density at radius 3 is 2.61 bits per heavy atom. The minimum atomic E-state index is -0.258. The highest BCUT2D eigenvalue weighted by Gasteiger charge is 2.45. The molecule has 5 rings (SSSR count). The number of hydrogen-bond donors (Lipinski definition) is 2. The molecule has 3 aromatic rings. The molecule has 1 aliphatic carbocycles. The largest absolute Gasteiger partial charge is 0.371 e. The molecule has 5 nitrogen and oxygen atoms in total. The molecule has 1 aromatic heterocycles. The van der Waals surface area contributed by atoms with Crippen LogP contribution in [0.1, 0.15) is 38.5 Å². The Morgan fingerprint density at radius 1 is 0.970 bits per heavy atom. The summed E-state index contributed by atoms with van der Waals surface area (Å²) in [7, 11) is 0. The molecule has 0 spiro atoms. The molecule has 172 valence electrons. The van der Waals surface area contributed by atoms with Crippen LogP contribution in [0.2, 0.25) is 0 Å². The summed E-state index contributed by atoms with van der Waals surface area (Å²) in [6.07, 6.45) is 8.71. The molecule has 1 saturated carbocycles. The number of benzene rings is 2. The lowest BCUT2D eigenvalue weighted by molar-refractivity contribution is 0.158. The molecule has 0 radical (unpaired) electrons. The Kier molecular flexibility index (Phi) is 6.83. The Hall–Kier alpha value is -2.19. The molecule has 1 saturated heterocycles. The van der Waals surface area contributed by atoms with Crippen LogP contribution in [0.15, 0.2) is 66.9 Å². The topological polar surface area (TPSA) is 67.1 Å². The van der Waals surface area contributed by atoms with E-state index in [4.69, 9.17) is 10.7 Å². The second-order valence-electron chi connectivity index (χ2n) is 9.45. The van der Waals surface area contributed by atoms with Gasteiger partial charge in [0.25, 0.3) is 0 Å². The maximum absolute atomic E-state index is 7.29. The summed E-state index contributed by atoms with van der Waals surface area (Å²) in [5, 5.41) is 3.67. The number of nitrogens with two attached hydrogens (primary N) is 1. The van der Waals surface area contributed by atoms with Gasteiger partial charge in [0.2, 0.25) is 5.95 Å². The van der Waals surface area contributed by atoms with Crippen LogP contribution in [-0.2, 0) is 0 Å². The van der Waals surface area contributed by atoms with Crippen LogP contribution in [0.25, 0.3) is 11.3 Å². The molecule has 0 amide bonds. The number of anilines is 2. The van der Waals surface area contributed by atoms with E-state index in [9.17, 15) is 0 Å². The van der Waals surface area contributed by atoms with E-state index in [1.54, 1.807) is 0 Å². The molecule has 3 atom stereocenters. The van der Waals surface area contributed by atoms with E-state index >= 15 is 0 Å². The highest BCUT2D eigenvalue weighted by molar-refractivity contribution is 14.1. The zero-order valence-corrected chi connectivity index (χ0v) is 21.1. The van der Waals surface area contributed by atoms with E-state index in [1.807, 2.05) is 30.5 Å². The second kappa shape index (κ2) is 9.97. The number of aromatic nitrogens is 2. The first-order valence-electron chi connectivity index (χ1n) is 12.1. The number of piperidine rings is 1. The summed E-state index contributed by atoms with van der Waals surface area (Å²) in [5.41, 5.74) is 10.4. The zero-order valence-electron chi connectivity index (χ0n) is 19.0. The van der Waals surface area contributed by atoms with Gasteiger partial charge in [-0.3, -0.25) is 0 Å². The van der Waals surface area contributed by atoms with Crippen molar-refractivity contribution in [3.05, 3.63) is 70.4 Å². The first-order valence-corrected chi connectivity index (χ1v) is 13.1. The number of nitrogens with one attached hydrogen (secondary N) is 1. The second-order valence-corrected chi connectivity index (χ2v) is 10.7. The average Bonchev–Trinajstić information content (AvgIpc) is 2.87. The molecule has 33 heavy (non-hydrogen) atoms. The van der Waals surface area contributed by atoms with Crippen molar-refractivity contribution in [2.75, 3.05) is 23.3 Å². The lowest BCUT2D eigenvalue weighted by Gasteiger charge is -2.50. The molecular formula is C27H32IN5. The van der Waals surface area contributed by atoms with E-state index in [0.717, 1.165) is 37.2 Å². The van der Waals surface area contributed by atoms with Gasteiger partial charge in [0.1, 0.15) is 0 Å². The van der Waals surface area contributed by atoms with Crippen LogP contribution >= 0.6 is 22.6 Å². The van der Waals surface area contributed by atoms with Crippen molar-refractivity contribution in [3.8, 4) is 11.3 Å². The van der Waals surface area contributed by atoms with Crippen molar-refractivity contribution in [3.63, 3.8) is 0 Å². The summed E-state index contributed by atoms with van der Waals surface area (Å²) in [5.74, 6) is 1.13. The zero-order chi connectivity index (χ0) is 22.7. The summed E-state index contributed by atoms with van der Waals surface area (Å²) in [6, 6.07) is 21.3. The Morgan fingerprint density at radius 2 is 1.79 bits per heavy atom. The molecule has 2 unspecified atom stereocenters. The number of nitrogens with zero attached hydrogens (tertiary/aromatic N) is 3. The van der Waals surface area contributed by atoms with Crippen molar-refractivity contribution in [1.82, 2.24) is 9.97 Å². The number of halogens is 1. The number of hydrogen-bond acceptors (Lipinski definition) is 5. The van der Waals surface area contributed by atoms with Crippen LogP contribution in [0.4, 0.5) is 11.6 Å². The Balaban J connectivity index is 1.35. The predicted molar refractivity (Wildman–Crippen MR) is 144 cm³/mol. The van der Waals surface area contributed by atoms with Crippen molar-refractivity contribution in [2.45, 2.75) is 50.1 Å². The molecule has 2 aromatic carbocycles. The van der Waals surface area contributed by atoms with Crippen LogP contribution in [-0.4, -0.2) is 34.6 Å². The van der Waals surface area contributed by atoms with Gasteiger partial charge < -0.3 is 16.0 Å². The third-order valence-electron chi connectivity index (χ3n) is 7.40. The summed E-state index contributed by atoms with van der Waals surface area (Å²) in [4.78, 5) is 11.9. The monoisotopic (exact) mass is 553 g/mol. The van der Waals surface area contributed by atoms with Gasteiger partial charge in [-0.05, 0) is 84.5 Å². The van der Waals surface area contributed by atoms with Crippen LogP contribution < -0.4 is 16.0 Å². The fourth-order valence-corrected chi connectivity index (χ4v) is 5.93. The molecule has 1 aliphatic heterocycles. The fourth-order valence-electron chi connectivity index (χ4n) is 5.57. The molecule has 2 fully saturated rings. The molecule has 2 aliphatic rings. The van der Waals surface area contributed by atoms with Gasteiger partial charge in [0, 0.05) is 45.7 Å². The van der Waals surface area contributed by atoms with E-state index in [-0.39, 0.29) is 11.6 Å². The SMILES string of the molecule is N[C@]1(C2CCCN(c3ccc(I)cc3)C2)CCCCC1Nc1nccc(-c2ccccc2)n1. The first kappa shape index (κ1) is 22.6. The lowest BCUT2D eigenvalue weighted by atomic mass is 9.67. The van der Waals surface area contributed by atoms with Gasteiger partial charge >= 0.3 is 0 Å². The predicted octanol–water partition coefficient (Wildman–Crippen LogP) is 5.72. The van der Waals surface area contributed by atoms with E-state index in [2.05, 4.69) is 74.2 Å². The van der Waals surface area contributed by atoms with Gasteiger partial charge in [0.05, 0.1) is 5.69 Å². The van der Waals surface area contributed by atoms with Crippen LogP contribution in [0, 0.1) is 9.49 Å². The molecule has 3 N–H and O–H groups in total. The van der Waals surface area contributed by atoms with Crippen molar-refractivity contribution in [2.24, 2.45) is 11.7 Å². The maximum atomic E-state index is 7.29. The maximum Gasteiger partial charge on any atom is 0.223 e. The number of rotatable bonds is 5. The van der Waals surface area contributed by atoms with Gasteiger partial charge in [-0.25, -0.2) is 9.97 Å². The Labute approximate surface area is 210 Å². The molecule has 2 heterocycles. The quantitative estimate of drug-likeness (QED) is 0.396. The van der Waals surface area contributed by atoms with Crippen molar-refractivity contribution in [1.29, 1.82) is 0 Å². The van der Waals surface area contributed by atoms with Crippen molar-refractivity contribution < 1.29 is 0 Å². The summed E-state index contributed by atoms with van der Waals surface area (Å²) >= 11 is 2.37. The molecule has 0 bridgehead atoms. The molecule has 6 heteroatoms. The first-order chi connectivity index (χ1) is 16.1. The van der Waals surface area contributed by atoms with E-state index in [1.165, 1.54) is 34.9 Å². The van der Waals surface area contributed by atoms with Crippen LogP contribution in [0.3, 0.4) is 0 Å². The summed E-state index contributed by atoms with van der Waals surface area (Å²) in [6.45, 7) is 2.12. The van der Waals surface area contributed by atoms with Gasteiger partial charge in [-0.15, -0.1) is 0 Å². The van der Waals surface area contributed by atoms with Gasteiger partial charge in [-0.1, -0.05) is 43.2 Å². The van der Waals surface area contributed by atoms with Gasteiger partial charge in [0.15, 0.2) is 0 Å². The van der Waals surface area contributed by atoms with Gasteiger partial charge in [-0.2, -0.15) is 0 Å². The summed E-state index contributed by atoms with van der Waals surface area (Å²) < 4.78 is 1.27. The fraction of sp³-hybridized carbons (Fsp3) is 0.407. The third kappa shape index (κ3) is 5.01.